The van der Waals surface area contributed by atoms with E-state index >= 15 is 0 Å². The number of hydrazone groups is 1. The van der Waals surface area contributed by atoms with E-state index in [2.05, 4.69) is 37.5 Å². The molecule has 4 rings (SSSR count). The SMILES string of the molecule is COc1ccc(/C=N\Nc2nc3c(c(=O)[nH]2)CN(Cc2ccccc2)CC3)cc1OC(C)C. The Kier molecular flexibility index (Phi) is 7.04. The lowest BCUT2D eigenvalue weighted by molar-refractivity contribution is 0.230. The van der Waals surface area contributed by atoms with Crippen LogP contribution >= 0.6 is 0 Å². The van der Waals surface area contributed by atoms with E-state index in [4.69, 9.17) is 9.47 Å². The number of nitrogens with one attached hydrogen (secondary N) is 2. The van der Waals surface area contributed by atoms with Crippen LogP contribution in [0.15, 0.2) is 58.4 Å². The van der Waals surface area contributed by atoms with Crippen LogP contribution in [0.3, 0.4) is 0 Å². The van der Waals surface area contributed by atoms with Crippen LogP contribution in [0.2, 0.25) is 0 Å². The molecule has 8 nitrogen and oxygen atoms in total. The first-order chi connectivity index (χ1) is 16.0. The molecule has 8 heteroatoms. The Balaban J connectivity index is 1.43. The summed E-state index contributed by atoms with van der Waals surface area (Å²) in [6.07, 6.45) is 2.39. The number of methoxy groups -OCH3 is 1. The second-order valence-corrected chi connectivity index (χ2v) is 8.23. The van der Waals surface area contributed by atoms with E-state index < -0.39 is 0 Å². The van der Waals surface area contributed by atoms with Crippen LogP contribution in [0.25, 0.3) is 0 Å². The van der Waals surface area contributed by atoms with Crippen molar-refractivity contribution in [2.75, 3.05) is 19.1 Å². The Bertz CT molecular complexity index is 1170. The quantitative estimate of drug-likeness (QED) is 0.405. The Morgan fingerprint density at radius 2 is 2.03 bits per heavy atom. The molecule has 2 aromatic carbocycles. The number of aromatic nitrogens is 2. The fourth-order valence-corrected chi connectivity index (χ4v) is 3.80. The van der Waals surface area contributed by atoms with Gasteiger partial charge in [0.1, 0.15) is 0 Å². The summed E-state index contributed by atoms with van der Waals surface area (Å²) in [7, 11) is 1.61. The van der Waals surface area contributed by atoms with Crippen LogP contribution in [-0.2, 0) is 19.5 Å². The van der Waals surface area contributed by atoms with E-state index in [1.807, 2.05) is 50.2 Å². The van der Waals surface area contributed by atoms with E-state index in [1.54, 1.807) is 13.3 Å². The van der Waals surface area contributed by atoms with E-state index in [0.717, 1.165) is 36.3 Å². The van der Waals surface area contributed by atoms with Crippen molar-refractivity contribution in [3.8, 4) is 11.5 Å². The van der Waals surface area contributed by atoms with Crippen LogP contribution in [0.5, 0.6) is 11.5 Å². The minimum atomic E-state index is -0.132. The molecule has 172 valence electrons. The molecule has 2 N–H and O–H groups in total. The van der Waals surface area contributed by atoms with E-state index in [-0.39, 0.29) is 11.7 Å². The molecule has 0 radical (unpaired) electrons. The molecule has 1 aliphatic heterocycles. The smallest absolute Gasteiger partial charge is 0.257 e. The van der Waals surface area contributed by atoms with Gasteiger partial charge in [0.15, 0.2) is 11.5 Å². The standard InChI is InChI=1S/C25H29N5O3/c1-17(2)33-23-13-19(9-10-22(23)32-3)14-26-29-25-27-21-11-12-30(16-20(21)24(31)28-25)15-18-7-5-4-6-8-18/h4-10,13-14,17H,11-12,15-16H2,1-3H3,(H2,27,28,29,31)/b26-14-. The number of ether oxygens (including phenoxy) is 2. The van der Waals surface area contributed by atoms with Gasteiger partial charge in [-0.25, -0.2) is 10.4 Å². The number of benzene rings is 2. The minimum Gasteiger partial charge on any atom is -0.493 e. The first kappa shape index (κ1) is 22.5. The van der Waals surface area contributed by atoms with Gasteiger partial charge in [-0.3, -0.25) is 14.7 Å². The van der Waals surface area contributed by atoms with Crippen molar-refractivity contribution in [3.05, 3.63) is 81.3 Å². The van der Waals surface area contributed by atoms with Crippen molar-refractivity contribution in [3.63, 3.8) is 0 Å². The summed E-state index contributed by atoms with van der Waals surface area (Å²) < 4.78 is 11.1. The third-order valence-corrected chi connectivity index (χ3v) is 5.33. The maximum Gasteiger partial charge on any atom is 0.257 e. The largest absolute Gasteiger partial charge is 0.493 e. The average Bonchev–Trinajstić information content (AvgIpc) is 2.80. The Hall–Kier alpha value is -3.65. The summed E-state index contributed by atoms with van der Waals surface area (Å²) in [5.74, 6) is 1.64. The molecule has 1 aromatic heterocycles. The molecule has 1 aliphatic rings. The minimum absolute atomic E-state index is 0.0256. The molecule has 0 atom stereocenters. The summed E-state index contributed by atoms with van der Waals surface area (Å²) in [6.45, 7) is 6.17. The van der Waals surface area contributed by atoms with Gasteiger partial charge in [-0.2, -0.15) is 5.10 Å². The van der Waals surface area contributed by atoms with E-state index in [0.29, 0.717) is 24.0 Å². The summed E-state index contributed by atoms with van der Waals surface area (Å²) in [6, 6.07) is 15.8. The zero-order chi connectivity index (χ0) is 23.2. The van der Waals surface area contributed by atoms with Crippen molar-refractivity contribution in [1.29, 1.82) is 0 Å². The number of H-pyrrole nitrogens is 1. The molecule has 0 amide bonds. The number of anilines is 1. The van der Waals surface area contributed by atoms with E-state index in [1.165, 1.54) is 5.56 Å². The molecule has 0 bridgehead atoms. The highest BCUT2D eigenvalue weighted by molar-refractivity contribution is 5.81. The van der Waals surface area contributed by atoms with Crippen LogP contribution in [0.4, 0.5) is 5.95 Å². The number of hydrogen-bond donors (Lipinski definition) is 2. The maximum absolute atomic E-state index is 12.7. The van der Waals surface area contributed by atoms with Gasteiger partial charge in [-0.1, -0.05) is 30.3 Å². The lowest BCUT2D eigenvalue weighted by atomic mass is 10.1. The molecular weight excluding hydrogens is 418 g/mol. The fraction of sp³-hybridized carbons (Fsp3) is 0.320. The zero-order valence-electron chi connectivity index (χ0n) is 19.2. The molecule has 0 spiro atoms. The number of fused-ring (bicyclic) bond motifs is 1. The van der Waals surface area contributed by atoms with Crippen LogP contribution < -0.4 is 20.5 Å². The van der Waals surface area contributed by atoms with Crippen LogP contribution in [0.1, 0.15) is 36.2 Å². The molecule has 3 aromatic rings. The fourth-order valence-electron chi connectivity index (χ4n) is 3.80. The van der Waals surface area contributed by atoms with Crippen LogP contribution in [0, 0.1) is 0 Å². The third-order valence-electron chi connectivity index (χ3n) is 5.33. The Morgan fingerprint density at radius 3 is 2.79 bits per heavy atom. The molecule has 0 aliphatic carbocycles. The maximum atomic E-state index is 12.7. The van der Waals surface area contributed by atoms with Gasteiger partial charge in [0.25, 0.3) is 5.56 Å². The van der Waals surface area contributed by atoms with Crippen molar-refractivity contribution in [2.45, 2.75) is 39.5 Å². The summed E-state index contributed by atoms with van der Waals surface area (Å²) in [4.78, 5) is 22.3. The van der Waals surface area contributed by atoms with E-state index in [9.17, 15) is 4.79 Å². The number of rotatable bonds is 8. The molecule has 33 heavy (non-hydrogen) atoms. The van der Waals surface area contributed by atoms with Crippen molar-refractivity contribution < 1.29 is 9.47 Å². The topological polar surface area (TPSA) is 91.8 Å². The number of hydrogen-bond acceptors (Lipinski definition) is 7. The van der Waals surface area contributed by atoms with Crippen molar-refractivity contribution in [1.82, 2.24) is 14.9 Å². The highest BCUT2D eigenvalue weighted by atomic mass is 16.5. The molecular formula is C25H29N5O3. The van der Waals surface area contributed by atoms with Gasteiger partial charge >= 0.3 is 0 Å². The third kappa shape index (κ3) is 5.78. The summed E-state index contributed by atoms with van der Waals surface area (Å²) in [5, 5.41) is 4.23. The molecule has 0 fully saturated rings. The Labute approximate surface area is 193 Å². The predicted molar refractivity (Wildman–Crippen MR) is 129 cm³/mol. The lowest BCUT2D eigenvalue weighted by Gasteiger charge is -2.27. The summed E-state index contributed by atoms with van der Waals surface area (Å²) in [5.41, 5.74) is 6.31. The van der Waals surface area contributed by atoms with Crippen molar-refractivity contribution in [2.24, 2.45) is 5.10 Å². The molecule has 2 heterocycles. The second-order valence-electron chi connectivity index (χ2n) is 8.23. The van der Waals surface area contributed by atoms with Gasteiger partial charge in [-0.05, 0) is 43.2 Å². The lowest BCUT2D eigenvalue weighted by Crippen LogP contribution is -2.35. The molecule has 0 saturated carbocycles. The predicted octanol–water partition coefficient (Wildman–Crippen LogP) is 3.57. The first-order valence-electron chi connectivity index (χ1n) is 11.0. The highest BCUT2D eigenvalue weighted by Gasteiger charge is 2.21. The normalized spacial score (nSPS) is 13.8. The monoisotopic (exact) mass is 447 g/mol. The highest BCUT2D eigenvalue weighted by Crippen LogP contribution is 2.28. The molecule has 0 unspecified atom stereocenters. The average molecular weight is 448 g/mol. The molecule has 0 saturated heterocycles. The second kappa shape index (κ2) is 10.3. The van der Waals surface area contributed by atoms with Gasteiger partial charge in [-0.15, -0.1) is 0 Å². The van der Waals surface area contributed by atoms with Gasteiger partial charge in [0.2, 0.25) is 5.95 Å². The van der Waals surface area contributed by atoms with Crippen molar-refractivity contribution >= 4 is 12.2 Å². The van der Waals surface area contributed by atoms with Crippen LogP contribution in [-0.4, -0.2) is 40.8 Å². The zero-order valence-corrected chi connectivity index (χ0v) is 19.2. The Morgan fingerprint density at radius 1 is 1.21 bits per heavy atom. The van der Waals surface area contributed by atoms with Gasteiger partial charge in [0, 0.05) is 26.1 Å². The van der Waals surface area contributed by atoms with Gasteiger partial charge in [0.05, 0.1) is 30.7 Å². The first-order valence-corrected chi connectivity index (χ1v) is 11.0. The van der Waals surface area contributed by atoms with Gasteiger partial charge < -0.3 is 9.47 Å². The summed E-state index contributed by atoms with van der Waals surface area (Å²) >= 11 is 0. The number of nitrogens with zero attached hydrogens (tertiary/aromatic N) is 3. The number of aromatic amines is 1.